The monoisotopic (exact) mass is 516 g/mol. The second-order valence-corrected chi connectivity index (χ2v) is 10.5. The number of ether oxygens (including phenoxy) is 1. The van der Waals surface area contributed by atoms with Crippen LogP contribution < -0.4 is 20.3 Å². The molecule has 2 fully saturated rings. The molecule has 2 aliphatic heterocycles. The fourth-order valence-corrected chi connectivity index (χ4v) is 4.82. The van der Waals surface area contributed by atoms with E-state index in [0.29, 0.717) is 31.6 Å². The number of hydrogen-bond acceptors (Lipinski definition) is 10. The number of piperidine rings is 1. The van der Waals surface area contributed by atoms with Crippen molar-refractivity contribution < 1.29 is 26.3 Å². The molecule has 11 nitrogen and oxygen atoms in total. The van der Waals surface area contributed by atoms with Crippen molar-refractivity contribution in [3.05, 3.63) is 18.3 Å². The Hall–Kier alpha value is -2.94. The van der Waals surface area contributed by atoms with E-state index in [-0.39, 0.29) is 17.9 Å². The predicted molar refractivity (Wildman–Crippen MR) is 123 cm³/mol. The number of hydrogen-bond donors (Lipinski definition) is 2. The van der Waals surface area contributed by atoms with Crippen molar-refractivity contribution in [1.29, 1.82) is 0 Å². The molecular weight excluding hydrogens is 489 g/mol. The van der Waals surface area contributed by atoms with Crippen molar-refractivity contribution in [2.24, 2.45) is 0 Å². The lowest BCUT2D eigenvalue weighted by atomic mass is 10.1. The Kier molecular flexibility index (Phi) is 7.44. The number of alkyl halides is 3. The predicted octanol–water partition coefficient (Wildman–Crippen LogP) is 2.39. The lowest BCUT2D eigenvalue weighted by molar-refractivity contribution is -0.154. The first-order chi connectivity index (χ1) is 16.5. The molecule has 0 spiro atoms. The average Bonchev–Trinajstić information content (AvgIpc) is 3.32. The first kappa shape index (κ1) is 25.2. The number of pyridine rings is 1. The lowest BCUT2D eigenvalue weighted by Gasteiger charge is -2.30. The first-order valence-electron chi connectivity index (χ1n) is 11.2. The zero-order valence-electron chi connectivity index (χ0n) is 19.1. The minimum absolute atomic E-state index is 0.00631. The molecule has 35 heavy (non-hydrogen) atoms. The van der Waals surface area contributed by atoms with E-state index in [1.165, 1.54) is 4.31 Å². The number of aromatic nitrogens is 4. The zero-order valence-corrected chi connectivity index (χ0v) is 19.9. The zero-order chi connectivity index (χ0) is 25.1. The number of sulfonamides is 1. The molecule has 2 aromatic rings. The van der Waals surface area contributed by atoms with Gasteiger partial charge in [-0.05, 0) is 31.7 Å². The summed E-state index contributed by atoms with van der Waals surface area (Å²) in [6.45, 7) is 0.908. The molecule has 4 heterocycles. The highest BCUT2D eigenvalue weighted by Gasteiger charge is 2.30. The molecule has 0 aromatic carbocycles. The van der Waals surface area contributed by atoms with Gasteiger partial charge in [-0.2, -0.15) is 28.1 Å². The molecule has 192 valence electrons. The van der Waals surface area contributed by atoms with Gasteiger partial charge in [0, 0.05) is 50.2 Å². The van der Waals surface area contributed by atoms with Gasteiger partial charge in [0.1, 0.15) is 5.82 Å². The highest BCUT2D eigenvalue weighted by molar-refractivity contribution is 7.88. The summed E-state index contributed by atoms with van der Waals surface area (Å²) in [6, 6.07) is 2.87. The third-order valence-corrected chi connectivity index (χ3v) is 6.97. The summed E-state index contributed by atoms with van der Waals surface area (Å²) in [4.78, 5) is 18.8. The van der Waals surface area contributed by atoms with Crippen LogP contribution in [-0.4, -0.2) is 83.9 Å². The molecule has 0 atom stereocenters. The quantitative estimate of drug-likeness (QED) is 0.540. The highest BCUT2D eigenvalue weighted by Crippen LogP contribution is 2.25. The van der Waals surface area contributed by atoms with Crippen LogP contribution in [-0.2, 0) is 10.0 Å². The minimum atomic E-state index is -4.55. The topological polar surface area (TPSA) is 125 Å². The summed E-state index contributed by atoms with van der Waals surface area (Å²) in [5, 5.41) is 6.06. The van der Waals surface area contributed by atoms with Gasteiger partial charge in [0.05, 0.1) is 6.26 Å². The van der Waals surface area contributed by atoms with Crippen LogP contribution in [0.2, 0.25) is 0 Å². The van der Waals surface area contributed by atoms with Gasteiger partial charge in [-0.25, -0.2) is 17.7 Å². The van der Waals surface area contributed by atoms with Crippen LogP contribution >= 0.6 is 0 Å². The van der Waals surface area contributed by atoms with Gasteiger partial charge in [0.2, 0.25) is 21.9 Å². The van der Waals surface area contributed by atoms with Crippen LogP contribution in [0.4, 0.5) is 36.6 Å². The van der Waals surface area contributed by atoms with E-state index in [1.54, 1.807) is 12.3 Å². The molecule has 2 N–H and O–H groups in total. The second-order valence-electron chi connectivity index (χ2n) is 8.47. The number of nitrogens with zero attached hydrogens (tertiary/aromatic N) is 6. The van der Waals surface area contributed by atoms with E-state index in [9.17, 15) is 21.6 Å². The molecule has 0 amide bonds. The summed E-state index contributed by atoms with van der Waals surface area (Å²) in [5.41, 5.74) is 0.613. The van der Waals surface area contributed by atoms with E-state index < -0.39 is 28.8 Å². The molecule has 0 bridgehead atoms. The van der Waals surface area contributed by atoms with Crippen LogP contribution in [0, 0.1) is 0 Å². The van der Waals surface area contributed by atoms with Crippen molar-refractivity contribution in [1.82, 2.24) is 24.2 Å². The Morgan fingerprint density at radius 1 is 1.09 bits per heavy atom. The molecule has 0 unspecified atom stereocenters. The van der Waals surface area contributed by atoms with E-state index in [4.69, 9.17) is 4.74 Å². The summed E-state index contributed by atoms with van der Waals surface area (Å²) in [7, 11) is -3.28. The van der Waals surface area contributed by atoms with Gasteiger partial charge >= 0.3 is 12.2 Å². The van der Waals surface area contributed by atoms with Crippen molar-refractivity contribution in [2.75, 3.05) is 54.6 Å². The summed E-state index contributed by atoms with van der Waals surface area (Å²) in [5.74, 6) is 0.823. The van der Waals surface area contributed by atoms with Crippen molar-refractivity contribution >= 4 is 33.4 Å². The SMILES string of the molecule is CS(=O)(=O)N1CCC(Nc2nc(Nc3ccnc(N4CCCC4)c3)nc(OCC(F)(F)F)n2)CC1. The van der Waals surface area contributed by atoms with E-state index >= 15 is 0 Å². The Morgan fingerprint density at radius 2 is 1.77 bits per heavy atom. The van der Waals surface area contributed by atoms with Crippen LogP contribution in [0.25, 0.3) is 0 Å². The third kappa shape index (κ3) is 7.27. The maximum Gasteiger partial charge on any atom is 0.422 e. The Labute approximate surface area is 201 Å². The van der Waals surface area contributed by atoms with Crippen molar-refractivity contribution in [2.45, 2.75) is 37.9 Å². The maximum absolute atomic E-state index is 12.7. The number of anilines is 4. The van der Waals surface area contributed by atoms with Gasteiger partial charge in [-0.1, -0.05) is 0 Å². The van der Waals surface area contributed by atoms with Crippen LogP contribution in [0.1, 0.15) is 25.7 Å². The van der Waals surface area contributed by atoms with Gasteiger partial charge in [0.25, 0.3) is 0 Å². The van der Waals surface area contributed by atoms with Crippen LogP contribution in [0.3, 0.4) is 0 Å². The fourth-order valence-electron chi connectivity index (χ4n) is 3.95. The third-order valence-electron chi connectivity index (χ3n) is 5.67. The molecule has 0 aliphatic carbocycles. The van der Waals surface area contributed by atoms with Gasteiger partial charge in [-0.3, -0.25) is 0 Å². The van der Waals surface area contributed by atoms with Crippen LogP contribution in [0.15, 0.2) is 18.3 Å². The van der Waals surface area contributed by atoms with Crippen molar-refractivity contribution in [3.63, 3.8) is 0 Å². The molecule has 15 heteroatoms. The standard InChI is InChI=1S/C20H27F3N8O3S/c1-35(32,33)31-10-5-14(6-11-31)25-17-27-18(29-19(28-17)34-13-20(21,22)23)26-15-4-7-24-16(12-15)30-8-2-3-9-30/h4,7,12,14H,2-3,5-6,8-11,13H2,1H3,(H2,24,25,26,27,28,29). The van der Waals surface area contributed by atoms with Crippen LogP contribution in [0.5, 0.6) is 6.01 Å². The molecule has 0 radical (unpaired) electrons. The van der Waals surface area contributed by atoms with E-state index in [1.807, 2.05) is 6.07 Å². The maximum atomic E-state index is 12.7. The molecule has 2 aromatic heterocycles. The smallest absolute Gasteiger partial charge is 0.422 e. The average molecular weight is 517 g/mol. The molecule has 2 aliphatic rings. The lowest BCUT2D eigenvalue weighted by Crippen LogP contribution is -2.42. The summed E-state index contributed by atoms with van der Waals surface area (Å²) < 4.78 is 67.7. The molecule has 0 saturated carbocycles. The number of nitrogens with one attached hydrogen (secondary N) is 2. The highest BCUT2D eigenvalue weighted by atomic mass is 32.2. The second kappa shape index (κ2) is 10.4. The van der Waals surface area contributed by atoms with E-state index in [2.05, 4.69) is 35.5 Å². The largest absolute Gasteiger partial charge is 0.454 e. The van der Waals surface area contributed by atoms with Crippen molar-refractivity contribution in [3.8, 4) is 6.01 Å². The van der Waals surface area contributed by atoms with E-state index in [0.717, 1.165) is 38.0 Å². The van der Waals surface area contributed by atoms with Gasteiger partial charge in [-0.15, -0.1) is 0 Å². The van der Waals surface area contributed by atoms with Gasteiger partial charge < -0.3 is 20.3 Å². The Balaban J connectivity index is 1.50. The molecule has 2 saturated heterocycles. The van der Waals surface area contributed by atoms with Gasteiger partial charge in [0.15, 0.2) is 6.61 Å². The number of halogens is 3. The normalized spacial score (nSPS) is 18.0. The summed E-state index contributed by atoms with van der Waals surface area (Å²) >= 11 is 0. The minimum Gasteiger partial charge on any atom is -0.454 e. The number of rotatable bonds is 8. The Bertz CT molecular complexity index is 1120. The molecule has 4 rings (SSSR count). The fraction of sp³-hybridized carbons (Fsp3) is 0.600. The first-order valence-corrected chi connectivity index (χ1v) is 13.1. The Morgan fingerprint density at radius 3 is 2.43 bits per heavy atom. The molecular formula is C20H27F3N8O3S. The summed E-state index contributed by atoms with van der Waals surface area (Å²) in [6.07, 6.45) is 1.39.